The van der Waals surface area contributed by atoms with Gasteiger partial charge in [-0.05, 0) is 6.92 Å². The van der Waals surface area contributed by atoms with Gasteiger partial charge in [0.05, 0.1) is 6.10 Å². The summed E-state index contributed by atoms with van der Waals surface area (Å²) in [6.45, 7) is 1.63. The van der Waals surface area contributed by atoms with Gasteiger partial charge in [0.1, 0.15) is 0 Å². The number of amides is 1. The second kappa shape index (κ2) is 5.31. The molecular formula is C7H11NO4. The number of aliphatic carboxylic acids is 1. The van der Waals surface area contributed by atoms with E-state index in [4.69, 9.17) is 10.2 Å². The van der Waals surface area contributed by atoms with E-state index in [2.05, 4.69) is 5.32 Å². The fraction of sp³-hybridized carbons (Fsp3) is 0.429. The Morgan fingerprint density at radius 1 is 1.50 bits per heavy atom. The lowest BCUT2D eigenvalue weighted by Gasteiger charge is -2.02. The molecule has 0 saturated carbocycles. The fourth-order valence-corrected chi connectivity index (χ4v) is 0.454. The van der Waals surface area contributed by atoms with E-state index in [-0.39, 0.29) is 6.54 Å². The van der Waals surface area contributed by atoms with Crippen LogP contribution in [0.3, 0.4) is 0 Å². The molecule has 3 N–H and O–H groups in total. The molecule has 0 bridgehead atoms. The number of hydrogen-bond acceptors (Lipinski definition) is 3. The molecule has 0 aromatic rings. The molecule has 1 amide bonds. The average Bonchev–Trinajstić information content (AvgIpc) is 1.96. The van der Waals surface area contributed by atoms with E-state index in [0.29, 0.717) is 0 Å². The molecule has 68 valence electrons. The van der Waals surface area contributed by atoms with Crippen LogP contribution in [0.2, 0.25) is 0 Å². The van der Waals surface area contributed by atoms with Crippen molar-refractivity contribution in [3.63, 3.8) is 0 Å². The Hall–Kier alpha value is -1.36. The van der Waals surface area contributed by atoms with E-state index >= 15 is 0 Å². The molecule has 0 fully saturated rings. The van der Waals surface area contributed by atoms with Crippen LogP contribution in [0.1, 0.15) is 6.92 Å². The Morgan fingerprint density at radius 3 is 2.50 bits per heavy atom. The molecule has 0 heterocycles. The highest BCUT2D eigenvalue weighted by Gasteiger charge is 1.98. The maximum atomic E-state index is 10.7. The Bertz CT molecular complexity index is 198. The summed E-state index contributed by atoms with van der Waals surface area (Å²) in [5, 5.41) is 19.1. The molecule has 0 aliphatic heterocycles. The van der Waals surface area contributed by atoms with E-state index in [0.717, 1.165) is 12.2 Å². The summed E-state index contributed by atoms with van der Waals surface area (Å²) in [6.07, 6.45) is 0.995. The Balaban J connectivity index is 3.67. The maximum absolute atomic E-state index is 10.7. The molecule has 0 aliphatic carbocycles. The third kappa shape index (κ3) is 6.76. The van der Waals surface area contributed by atoms with Crippen LogP contribution in [0, 0.1) is 0 Å². The van der Waals surface area contributed by atoms with Gasteiger partial charge in [-0.3, -0.25) is 4.79 Å². The number of rotatable bonds is 4. The van der Waals surface area contributed by atoms with Gasteiger partial charge >= 0.3 is 5.97 Å². The van der Waals surface area contributed by atoms with Crippen molar-refractivity contribution in [3.8, 4) is 0 Å². The molecule has 5 heteroatoms. The highest BCUT2D eigenvalue weighted by atomic mass is 16.4. The SMILES string of the molecule is C[C@H](O)CNC(=O)/C=C/C(=O)O. The van der Waals surface area contributed by atoms with Gasteiger partial charge < -0.3 is 15.5 Å². The minimum Gasteiger partial charge on any atom is -0.478 e. The van der Waals surface area contributed by atoms with Crippen LogP contribution in [-0.2, 0) is 9.59 Å². The van der Waals surface area contributed by atoms with E-state index < -0.39 is 18.0 Å². The maximum Gasteiger partial charge on any atom is 0.328 e. The smallest absolute Gasteiger partial charge is 0.328 e. The zero-order chi connectivity index (χ0) is 9.56. The van der Waals surface area contributed by atoms with Gasteiger partial charge in [0.25, 0.3) is 0 Å². The number of aliphatic hydroxyl groups is 1. The van der Waals surface area contributed by atoms with Crippen molar-refractivity contribution in [1.29, 1.82) is 0 Å². The summed E-state index contributed by atoms with van der Waals surface area (Å²) in [5.74, 6) is -1.71. The van der Waals surface area contributed by atoms with Crippen molar-refractivity contribution in [2.75, 3.05) is 6.54 Å². The van der Waals surface area contributed by atoms with Gasteiger partial charge in [0.2, 0.25) is 5.91 Å². The zero-order valence-electron chi connectivity index (χ0n) is 6.65. The molecule has 0 rings (SSSR count). The number of carboxylic acid groups (broad SMARTS) is 1. The number of aliphatic hydroxyl groups excluding tert-OH is 1. The van der Waals surface area contributed by atoms with Crippen molar-refractivity contribution in [3.05, 3.63) is 12.2 Å². The summed E-state index contributed by atoms with van der Waals surface area (Å²) in [5.41, 5.74) is 0. The first-order valence-electron chi connectivity index (χ1n) is 3.39. The fourth-order valence-electron chi connectivity index (χ4n) is 0.454. The third-order valence-electron chi connectivity index (χ3n) is 0.949. The summed E-state index contributed by atoms with van der Waals surface area (Å²) in [7, 11) is 0. The predicted octanol–water partition coefficient (Wildman–Crippen LogP) is -0.876. The van der Waals surface area contributed by atoms with Crippen LogP contribution < -0.4 is 5.32 Å². The Labute approximate surface area is 69.7 Å². The lowest BCUT2D eigenvalue weighted by Crippen LogP contribution is -2.29. The lowest BCUT2D eigenvalue weighted by atomic mass is 10.4. The quantitative estimate of drug-likeness (QED) is 0.482. The second-order valence-corrected chi connectivity index (χ2v) is 2.27. The topological polar surface area (TPSA) is 86.6 Å². The van der Waals surface area contributed by atoms with Gasteiger partial charge in [-0.15, -0.1) is 0 Å². The summed E-state index contributed by atoms with van der Waals surface area (Å²) in [6, 6.07) is 0. The molecule has 5 nitrogen and oxygen atoms in total. The van der Waals surface area contributed by atoms with Gasteiger partial charge in [-0.1, -0.05) is 0 Å². The van der Waals surface area contributed by atoms with Crippen LogP contribution in [0.15, 0.2) is 12.2 Å². The molecule has 0 unspecified atom stereocenters. The lowest BCUT2D eigenvalue weighted by molar-refractivity contribution is -0.131. The van der Waals surface area contributed by atoms with Gasteiger partial charge in [-0.2, -0.15) is 0 Å². The predicted molar refractivity (Wildman–Crippen MR) is 41.5 cm³/mol. The largest absolute Gasteiger partial charge is 0.478 e. The zero-order valence-corrected chi connectivity index (χ0v) is 6.65. The third-order valence-corrected chi connectivity index (χ3v) is 0.949. The molecule has 0 radical (unpaired) electrons. The molecule has 12 heavy (non-hydrogen) atoms. The Kier molecular flexibility index (Phi) is 4.71. The average molecular weight is 173 g/mol. The second-order valence-electron chi connectivity index (χ2n) is 2.27. The van der Waals surface area contributed by atoms with Gasteiger partial charge in [0.15, 0.2) is 0 Å². The number of carbonyl (C=O) groups excluding carboxylic acids is 1. The van der Waals surface area contributed by atoms with Crippen LogP contribution in [0.4, 0.5) is 0 Å². The van der Waals surface area contributed by atoms with Crippen molar-refractivity contribution < 1.29 is 19.8 Å². The van der Waals surface area contributed by atoms with E-state index in [9.17, 15) is 9.59 Å². The van der Waals surface area contributed by atoms with Crippen LogP contribution >= 0.6 is 0 Å². The monoisotopic (exact) mass is 173 g/mol. The highest BCUT2D eigenvalue weighted by Crippen LogP contribution is 1.77. The summed E-state index contributed by atoms with van der Waals surface area (Å²) < 4.78 is 0. The first-order valence-corrected chi connectivity index (χ1v) is 3.39. The van der Waals surface area contributed by atoms with Crippen molar-refractivity contribution in [2.24, 2.45) is 0 Å². The number of carboxylic acids is 1. The molecule has 0 saturated heterocycles. The van der Waals surface area contributed by atoms with E-state index in [1.54, 1.807) is 0 Å². The first kappa shape index (κ1) is 10.6. The van der Waals surface area contributed by atoms with E-state index in [1.807, 2.05) is 0 Å². The number of nitrogens with one attached hydrogen (secondary N) is 1. The van der Waals surface area contributed by atoms with Crippen molar-refractivity contribution in [2.45, 2.75) is 13.0 Å². The summed E-state index contributed by atoms with van der Waals surface area (Å²) >= 11 is 0. The molecule has 0 aromatic heterocycles. The Morgan fingerprint density at radius 2 is 2.08 bits per heavy atom. The van der Waals surface area contributed by atoms with Crippen LogP contribution in [0.5, 0.6) is 0 Å². The first-order chi connectivity index (χ1) is 5.52. The van der Waals surface area contributed by atoms with Crippen molar-refractivity contribution in [1.82, 2.24) is 5.32 Å². The van der Waals surface area contributed by atoms with E-state index in [1.165, 1.54) is 6.92 Å². The molecule has 1 atom stereocenters. The van der Waals surface area contributed by atoms with Gasteiger partial charge in [0, 0.05) is 18.7 Å². The van der Waals surface area contributed by atoms with Crippen LogP contribution in [-0.4, -0.2) is 34.7 Å². The molecular weight excluding hydrogens is 162 g/mol. The minimum atomic E-state index is -1.18. The number of hydrogen-bond donors (Lipinski definition) is 3. The number of carbonyl (C=O) groups is 2. The minimum absolute atomic E-state index is 0.114. The standard InChI is InChI=1S/C7H11NO4/c1-5(9)4-8-6(10)2-3-7(11)12/h2-3,5,9H,4H2,1H3,(H,8,10)(H,11,12)/b3-2+/t5-/m0/s1. The van der Waals surface area contributed by atoms with Gasteiger partial charge in [-0.25, -0.2) is 4.79 Å². The summed E-state index contributed by atoms with van der Waals surface area (Å²) in [4.78, 5) is 20.6. The highest BCUT2D eigenvalue weighted by molar-refractivity contribution is 5.93. The van der Waals surface area contributed by atoms with Crippen LogP contribution in [0.25, 0.3) is 0 Å². The van der Waals surface area contributed by atoms with Crippen molar-refractivity contribution >= 4 is 11.9 Å². The normalized spacial score (nSPS) is 12.8. The molecule has 0 spiro atoms. The molecule has 0 aromatic carbocycles. The molecule has 0 aliphatic rings.